The molecule has 6 rings (SSSR count). The van der Waals surface area contributed by atoms with E-state index in [2.05, 4.69) is 10.1 Å². The average Bonchev–Trinajstić information content (AvgIpc) is 3.40. The first-order valence-corrected chi connectivity index (χ1v) is 11.1. The Balaban J connectivity index is 1.67. The Morgan fingerprint density at radius 2 is 1.87 bits per heavy atom. The number of benzene rings is 1. The van der Waals surface area contributed by atoms with Gasteiger partial charge in [-0.2, -0.15) is 4.52 Å². The summed E-state index contributed by atoms with van der Waals surface area (Å²) in [6.07, 6.45) is 7.57. The molecular formula is C23H18FN5OS. The van der Waals surface area contributed by atoms with Gasteiger partial charge in [0.2, 0.25) is 0 Å². The topological polar surface area (TPSA) is 65.1 Å². The van der Waals surface area contributed by atoms with Gasteiger partial charge in [-0.25, -0.2) is 14.2 Å². The highest BCUT2D eigenvalue weighted by molar-refractivity contribution is 7.19. The van der Waals surface area contributed by atoms with Crippen molar-refractivity contribution in [3.05, 3.63) is 81.1 Å². The summed E-state index contributed by atoms with van der Waals surface area (Å²) in [5.41, 5.74) is 2.81. The van der Waals surface area contributed by atoms with Crippen LogP contribution in [0.25, 0.3) is 27.3 Å². The van der Waals surface area contributed by atoms with Gasteiger partial charge < -0.3 is 0 Å². The summed E-state index contributed by atoms with van der Waals surface area (Å²) in [6.45, 7) is 0.155. The maximum Gasteiger partial charge on any atom is 0.352 e. The smallest absolute Gasteiger partial charge is 0.278 e. The maximum atomic E-state index is 14.4. The van der Waals surface area contributed by atoms with E-state index >= 15 is 0 Å². The molecule has 8 heteroatoms. The van der Waals surface area contributed by atoms with Crippen molar-refractivity contribution in [2.45, 2.75) is 32.2 Å². The van der Waals surface area contributed by atoms with Crippen LogP contribution in [-0.2, 0) is 19.4 Å². The Kier molecular flexibility index (Phi) is 4.21. The molecule has 0 N–H and O–H groups in total. The number of halogens is 1. The molecule has 4 aromatic heterocycles. The van der Waals surface area contributed by atoms with Gasteiger partial charge in [-0.15, -0.1) is 16.4 Å². The van der Waals surface area contributed by atoms with Crippen LogP contribution in [-0.4, -0.2) is 24.1 Å². The van der Waals surface area contributed by atoms with E-state index in [0.29, 0.717) is 17.0 Å². The summed E-state index contributed by atoms with van der Waals surface area (Å²) >= 11 is 1.63. The number of aromatic nitrogens is 5. The molecular weight excluding hydrogens is 413 g/mol. The van der Waals surface area contributed by atoms with Crippen LogP contribution >= 0.6 is 11.3 Å². The summed E-state index contributed by atoms with van der Waals surface area (Å²) in [4.78, 5) is 24.5. The fourth-order valence-electron chi connectivity index (χ4n) is 4.34. The first-order chi connectivity index (χ1) is 15.2. The molecule has 31 heavy (non-hydrogen) atoms. The number of nitrogens with zero attached hydrogens (tertiary/aromatic N) is 5. The molecule has 0 amide bonds. The minimum atomic E-state index is -0.319. The molecule has 0 aliphatic heterocycles. The van der Waals surface area contributed by atoms with E-state index in [4.69, 9.17) is 4.98 Å². The highest BCUT2D eigenvalue weighted by Gasteiger charge is 2.25. The van der Waals surface area contributed by atoms with Crippen LogP contribution in [0.3, 0.4) is 0 Å². The summed E-state index contributed by atoms with van der Waals surface area (Å²) in [5, 5.41) is 5.52. The molecule has 6 nitrogen and oxygen atoms in total. The third-order valence-electron chi connectivity index (χ3n) is 5.87. The standard InChI is InChI=1S/C23H18FN5OS/c24-17-7-3-1-5-15(17)13-28-22-19(16-6-2-4-8-18(16)31-22)21-26-20(27-29(21)23(28)30)14-9-11-25-12-10-14/h1,3,5,7,9-12H,2,4,6,8,13H2. The van der Waals surface area contributed by atoms with Crippen LogP contribution < -0.4 is 5.69 Å². The van der Waals surface area contributed by atoms with Gasteiger partial charge in [-0.1, -0.05) is 18.2 Å². The first-order valence-electron chi connectivity index (χ1n) is 10.3. The lowest BCUT2D eigenvalue weighted by molar-refractivity contribution is 0.595. The molecule has 5 aromatic rings. The summed E-state index contributed by atoms with van der Waals surface area (Å²) in [5.74, 6) is 0.167. The Morgan fingerprint density at radius 1 is 1.06 bits per heavy atom. The molecule has 0 spiro atoms. The zero-order valence-corrected chi connectivity index (χ0v) is 17.4. The fraction of sp³-hybridized carbons (Fsp3) is 0.217. The zero-order valence-electron chi connectivity index (χ0n) is 16.6. The second-order valence-electron chi connectivity index (χ2n) is 7.76. The molecule has 0 saturated carbocycles. The number of thiophene rings is 1. The van der Waals surface area contributed by atoms with E-state index in [1.54, 1.807) is 46.5 Å². The Morgan fingerprint density at radius 3 is 2.71 bits per heavy atom. The van der Waals surface area contributed by atoms with Gasteiger partial charge in [0.05, 0.1) is 11.9 Å². The number of hydrogen-bond donors (Lipinski definition) is 0. The third kappa shape index (κ3) is 2.90. The van der Waals surface area contributed by atoms with Crippen molar-refractivity contribution in [3.8, 4) is 11.4 Å². The fourth-order valence-corrected chi connectivity index (χ4v) is 5.72. The number of fused-ring (bicyclic) bond motifs is 5. The number of hydrogen-bond acceptors (Lipinski definition) is 5. The maximum absolute atomic E-state index is 14.4. The van der Waals surface area contributed by atoms with Crippen molar-refractivity contribution in [1.29, 1.82) is 0 Å². The second-order valence-corrected chi connectivity index (χ2v) is 8.84. The summed E-state index contributed by atoms with van der Waals surface area (Å²) in [6, 6.07) is 10.2. The van der Waals surface area contributed by atoms with Crippen molar-refractivity contribution in [2.24, 2.45) is 0 Å². The van der Waals surface area contributed by atoms with E-state index in [1.165, 1.54) is 21.0 Å². The van der Waals surface area contributed by atoms with Gasteiger partial charge >= 0.3 is 5.69 Å². The lowest BCUT2D eigenvalue weighted by atomic mass is 9.97. The van der Waals surface area contributed by atoms with Crippen LogP contribution in [0.1, 0.15) is 28.8 Å². The van der Waals surface area contributed by atoms with Crippen molar-refractivity contribution in [2.75, 3.05) is 0 Å². The highest BCUT2D eigenvalue weighted by Crippen LogP contribution is 2.38. The zero-order chi connectivity index (χ0) is 20.9. The van der Waals surface area contributed by atoms with Gasteiger partial charge in [0, 0.05) is 28.4 Å². The van der Waals surface area contributed by atoms with Gasteiger partial charge in [-0.3, -0.25) is 9.55 Å². The molecule has 1 aliphatic carbocycles. The molecule has 1 aromatic carbocycles. The minimum Gasteiger partial charge on any atom is -0.278 e. The molecule has 0 bridgehead atoms. The second kappa shape index (κ2) is 7.09. The van der Waals surface area contributed by atoms with Gasteiger partial charge in [-0.05, 0) is 49.4 Å². The minimum absolute atomic E-state index is 0.155. The van der Waals surface area contributed by atoms with Crippen molar-refractivity contribution in [1.82, 2.24) is 24.1 Å². The van der Waals surface area contributed by atoms with Gasteiger partial charge in [0.15, 0.2) is 11.5 Å². The van der Waals surface area contributed by atoms with E-state index in [1.807, 2.05) is 12.1 Å². The lowest BCUT2D eigenvalue weighted by Gasteiger charge is -2.11. The number of rotatable bonds is 3. The average molecular weight is 431 g/mol. The first kappa shape index (κ1) is 18.4. The Bertz CT molecular complexity index is 1500. The van der Waals surface area contributed by atoms with E-state index in [9.17, 15) is 9.18 Å². The van der Waals surface area contributed by atoms with Crippen LogP contribution in [0.5, 0.6) is 0 Å². The molecule has 0 radical (unpaired) electrons. The lowest BCUT2D eigenvalue weighted by Crippen LogP contribution is -2.28. The molecule has 0 atom stereocenters. The quantitative estimate of drug-likeness (QED) is 0.429. The van der Waals surface area contributed by atoms with Crippen molar-refractivity contribution >= 4 is 27.2 Å². The molecule has 0 fully saturated rings. The summed E-state index contributed by atoms with van der Waals surface area (Å²) < 4.78 is 17.4. The highest BCUT2D eigenvalue weighted by atomic mass is 32.1. The Hall–Kier alpha value is -3.39. The van der Waals surface area contributed by atoms with E-state index < -0.39 is 0 Å². The number of pyridine rings is 1. The van der Waals surface area contributed by atoms with Crippen LogP contribution in [0.4, 0.5) is 4.39 Å². The van der Waals surface area contributed by atoms with Gasteiger partial charge in [0.25, 0.3) is 0 Å². The Labute approximate surface area is 180 Å². The van der Waals surface area contributed by atoms with E-state index in [0.717, 1.165) is 41.5 Å². The third-order valence-corrected chi connectivity index (χ3v) is 7.18. The molecule has 0 unspecified atom stereocenters. The predicted octanol–water partition coefficient (Wildman–Crippen LogP) is 4.23. The largest absolute Gasteiger partial charge is 0.352 e. The monoisotopic (exact) mass is 431 g/mol. The number of aryl methyl sites for hydroxylation is 2. The molecule has 0 saturated heterocycles. The summed E-state index contributed by atoms with van der Waals surface area (Å²) in [7, 11) is 0. The molecule has 1 aliphatic rings. The predicted molar refractivity (Wildman–Crippen MR) is 118 cm³/mol. The normalized spacial score (nSPS) is 13.7. The van der Waals surface area contributed by atoms with E-state index in [-0.39, 0.29) is 18.1 Å². The van der Waals surface area contributed by atoms with Crippen molar-refractivity contribution < 1.29 is 4.39 Å². The van der Waals surface area contributed by atoms with Crippen LogP contribution in [0, 0.1) is 5.82 Å². The van der Waals surface area contributed by atoms with Gasteiger partial charge in [0.1, 0.15) is 10.6 Å². The SMILES string of the molecule is O=c1n(Cc2ccccc2F)c2sc3c(c2c2nc(-c4ccncc4)nn12)CCCC3. The van der Waals surface area contributed by atoms with Crippen molar-refractivity contribution in [3.63, 3.8) is 0 Å². The van der Waals surface area contributed by atoms with Crippen LogP contribution in [0.15, 0.2) is 53.6 Å². The molecule has 4 heterocycles. The molecule has 154 valence electrons. The van der Waals surface area contributed by atoms with Crippen LogP contribution in [0.2, 0.25) is 0 Å².